The van der Waals surface area contributed by atoms with Crippen LogP contribution in [0, 0.1) is 5.92 Å². The highest BCUT2D eigenvalue weighted by molar-refractivity contribution is 6.35. The number of amides is 4. The summed E-state index contributed by atoms with van der Waals surface area (Å²) < 4.78 is 39.2. The van der Waals surface area contributed by atoms with E-state index in [-0.39, 0.29) is 23.6 Å². The number of aromatic hydroxyl groups is 1. The van der Waals surface area contributed by atoms with Crippen LogP contribution in [0.15, 0.2) is 35.9 Å². The second-order valence-electron chi connectivity index (χ2n) is 14.8. The molecule has 3 saturated heterocycles. The van der Waals surface area contributed by atoms with Crippen LogP contribution in [0.1, 0.15) is 46.1 Å². The van der Waals surface area contributed by atoms with Crippen molar-refractivity contribution in [2.45, 2.75) is 113 Å². The van der Waals surface area contributed by atoms with Crippen molar-refractivity contribution in [2.75, 3.05) is 25.7 Å². The van der Waals surface area contributed by atoms with E-state index in [9.17, 15) is 44.4 Å². The molecule has 0 aliphatic carbocycles. The van der Waals surface area contributed by atoms with Crippen LogP contribution in [0.4, 0.5) is 20.1 Å². The van der Waals surface area contributed by atoms with Gasteiger partial charge in [-0.2, -0.15) is 0 Å². The number of nitrogens with two attached hydrogens (primary N) is 1. The average Bonchev–Trinajstić information content (AvgIpc) is 3.84. The number of halogens is 1. The number of allylic oxidation sites excluding steroid dienone is 3. The number of nitrogens with zero attached hydrogens (tertiary/aromatic N) is 1. The Kier molecular flexibility index (Phi) is 13.5. The highest BCUT2D eigenvalue weighted by atomic mass is 35.5. The minimum absolute atomic E-state index is 0.131. The summed E-state index contributed by atoms with van der Waals surface area (Å²) in [6.45, 7) is 5.44. The molecule has 0 unspecified atom stereocenters. The van der Waals surface area contributed by atoms with Crippen molar-refractivity contribution in [2.24, 2.45) is 11.7 Å². The van der Waals surface area contributed by atoms with Crippen LogP contribution in [0.5, 0.6) is 5.75 Å². The first-order valence-electron chi connectivity index (χ1n) is 18.3. The summed E-state index contributed by atoms with van der Waals surface area (Å²) in [5, 5.41) is 50.1. The van der Waals surface area contributed by atoms with E-state index in [0.717, 1.165) is 11.8 Å². The number of carbonyl (C=O) groups excluding carboxylic acids is 5. The van der Waals surface area contributed by atoms with Crippen molar-refractivity contribution in [3.63, 3.8) is 0 Å². The number of aliphatic hydroxyl groups is 3. The molecule has 5 rings (SSSR count). The van der Waals surface area contributed by atoms with Crippen molar-refractivity contribution in [3.05, 3.63) is 46.5 Å². The maximum absolute atomic E-state index is 14.9. The number of primary amides is 1. The van der Waals surface area contributed by atoms with Gasteiger partial charge < -0.3 is 64.6 Å². The van der Waals surface area contributed by atoms with Crippen molar-refractivity contribution in [1.29, 1.82) is 0 Å². The Morgan fingerprint density at radius 1 is 1.17 bits per heavy atom. The zero-order valence-electron chi connectivity index (χ0n) is 32.6. The van der Waals surface area contributed by atoms with Crippen LogP contribution in [-0.2, 0) is 49.2 Å². The number of hydrogen-bond donors (Lipinski definition) is 7. The number of hydrogen-bond acceptors (Lipinski definition) is 16. The molecular weight excluding hydrogens is 792 g/mol. The van der Waals surface area contributed by atoms with Gasteiger partial charge in [0.1, 0.15) is 59.6 Å². The molecule has 4 aliphatic rings. The Labute approximate surface area is 338 Å². The largest absolute Gasteiger partial charge is 0.506 e. The zero-order valence-corrected chi connectivity index (χ0v) is 33.3. The third kappa shape index (κ3) is 9.43. The summed E-state index contributed by atoms with van der Waals surface area (Å²) >= 11 is 6.70. The second kappa shape index (κ2) is 17.7. The van der Waals surface area contributed by atoms with Gasteiger partial charge in [-0.15, -0.1) is 0 Å². The van der Waals surface area contributed by atoms with Crippen molar-refractivity contribution in [3.8, 4) is 5.75 Å². The molecule has 1 aromatic carbocycles. The van der Waals surface area contributed by atoms with Gasteiger partial charge in [0.2, 0.25) is 5.91 Å². The molecule has 4 bridgehead atoms. The third-order valence-corrected chi connectivity index (χ3v) is 11.0. The van der Waals surface area contributed by atoms with Crippen molar-refractivity contribution >= 4 is 47.4 Å². The molecule has 0 radical (unpaired) electrons. The minimum Gasteiger partial charge on any atom is -0.506 e. The lowest BCUT2D eigenvalue weighted by Crippen LogP contribution is -2.65. The smallest absolute Gasteiger partial charge is 0.409 e. The summed E-state index contributed by atoms with van der Waals surface area (Å²) in [6.07, 6.45) is -12.6. The van der Waals surface area contributed by atoms with E-state index in [0.29, 0.717) is 11.1 Å². The number of carbonyl (C=O) groups is 5. The van der Waals surface area contributed by atoms with Gasteiger partial charge in [0.25, 0.3) is 0 Å². The summed E-state index contributed by atoms with van der Waals surface area (Å²) in [7, 11) is 2.65. The number of phenols is 1. The van der Waals surface area contributed by atoms with E-state index < -0.39 is 121 Å². The monoisotopic (exact) mass is 840 g/mol. The summed E-state index contributed by atoms with van der Waals surface area (Å²) in [6, 6.07) is 2.77. The summed E-state index contributed by atoms with van der Waals surface area (Å²) in [4.78, 5) is 65.0. The molecule has 58 heavy (non-hydrogen) atoms. The number of aliphatic hydroxyl groups excluding tert-OH is 2. The first-order chi connectivity index (χ1) is 27.2. The topological polar surface area (TPSA) is 287 Å². The minimum atomic E-state index is -2.07. The van der Waals surface area contributed by atoms with Crippen LogP contribution in [0.25, 0.3) is 0 Å². The molecule has 320 valence electrons. The Balaban J connectivity index is 1.67. The molecule has 4 amide bonds. The number of nitrogens with one attached hydrogen (secondary N) is 2. The van der Waals surface area contributed by atoms with E-state index in [2.05, 4.69) is 10.6 Å². The molecular formula is C37H49ClN4O16. The Morgan fingerprint density at radius 2 is 1.88 bits per heavy atom. The molecule has 0 spiro atoms. The summed E-state index contributed by atoms with van der Waals surface area (Å²) in [5.41, 5.74) is 2.71. The lowest BCUT2D eigenvalue weighted by atomic mass is 9.83. The molecule has 21 heteroatoms. The maximum atomic E-state index is 14.9. The fraction of sp³-hybridized carbons (Fsp3) is 0.595. The first kappa shape index (κ1) is 44.4. The normalized spacial score (nSPS) is 36.2. The number of rotatable bonds is 6. The van der Waals surface area contributed by atoms with E-state index in [1.165, 1.54) is 32.4 Å². The van der Waals surface area contributed by atoms with Crippen LogP contribution < -0.4 is 21.3 Å². The van der Waals surface area contributed by atoms with Crippen molar-refractivity contribution < 1.29 is 77.6 Å². The predicted octanol–water partition coefficient (Wildman–Crippen LogP) is 1.02. The van der Waals surface area contributed by atoms with Crippen LogP contribution in [-0.4, -0.2) is 138 Å². The third-order valence-electron chi connectivity index (χ3n) is 10.6. The number of phenolic OH excluding ortho intramolecular Hbond substituents is 1. The van der Waals surface area contributed by atoms with Gasteiger partial charge in [-0.25, -0.2) is 14.4 Å². The van der Waals surface area contributed by atoms with Gasteiger partial charge >= 0.3 is 24.2 Å². The number of methoxy groups -OCH3 is 1. The maximum Gasteiger partial charge on any atom is 0.409 e. The standard InChI is InChI=1S/C37H49ClN4O16/c1-16-8-7-9-24(52-6)37(51)14-22(55-35(50)41-37)17(2)31-36(4,58-31)25(56-34(49)40-5)13-26(45)42(20-11-19(10-16)12-21(44)27(20)38)32-29(47)28(46)30(57-33(39)48)23(54-32)15-53-18(3)43/h7-9,11-12,17,22-25,28-32,44,46-47,51H,10,13-15H2,1-6H3,(H2,39,48)(H,40,49)(H,41,50)/b9-7?,16-8-/t17-,22+,23+,24-,25+,28+,29+,30+,31+,32+,36+,37+/m1/s1. The van der Waals surface area contributed by atoms with Gasteiger partial charge in [0, 0.05) is 33.4 Å². The quantitative estimate of drug-likeness (QED) is 0.120. The number of alkyl carbamates (subject to hydrolysis) is 2. The number of ether oxygens (including phenoxy) is 7. The van der Waals surface area contributed by atoms with E-state index in [1.54, 1.807) is 32.9 Å². The zero-order chi connectivity index (χ0) is 42.9. The van der Waals surface area contributed by atoms with Crippen LogP contribution in [0.3, 0.4) is 0 Å². The number of benzene rings is 1. The van der Waals surface area contributed by atoms with Crippen molar-refractivity contribution in [1.82, 2.24) is 10.6 Å². The molecule has 12 atom stereocenters. The number of fused-ring (bicyclic) bond motifs is 5. The average molecular weight is 841 g/mol. The molecule has 4 aliphatic heterocycles. The van der Waals surface area contributed by atoms with E-state index in [1.807, 2.05) is 0 Å². The molecule has 0 saturated carbocycles. The Morgan fingerprint density at radius 3 is 2.52 bits per heavy atom. The first-order valence-corrected chi connectivity index (χ1v) is 18.7. The Bertz CT molecular complexity index is 1830. The Hall–Kier alpha value is -4.70. The lowest BCUT2D eigenvalue weighted by Gasteiger charge is -2.46. The van der Waals surface area contributed by atoms with Gasteiger partial charge in [-0.3, -0.25) is 19.8 Å². The van der Waals surface area contributed by atoms with E-state index in [4.69, 9.17) is 50.5 Å². The fourth-order valence-electron chi connectivity index (χ4n) is 7.58. The van der Waals surface area contributed by atoms with Gasteiger partial charge in [0.15, 0.2) is 18.1 Å². The van der Waals surface area contributed by atoms with E-state index >= 15 is 0 Å². The van der Waals surface area contributed by atoms with Gasteiger partial charge in [0.05, 0.1) is 18.2 Å². The molecule has 20 nitrogen and oxygen atoms in total. The summed E-state index contributed by atoms with van der Waals surface area (Å²) in [5.74, 6) is -2.90. The number of esters is 1. The predicted molar refractivity (Wildman–Crippen MR) is 199 cm³/mol. The van der Waals surface area contributed by atoms with Crippen LogP contribution in [0.2, 0.25) is 5.02 Å². The highest BCUT2D eigenvalue weighted by Crippen LogP contribution is 2.49. The van der Waals surface area contributed by atoms with Gasteiger partial charge in [-0.05, 0) is 38.0 Å². The number of anilines is 1. The second-order valence-corrected chi connectivity index (χ2v) is 15.2. The molecule has 0 aromatic heterocycles. The fourth-order valence-corrected chi connectivity index (χ4v) is 7.78. The molecule has 8 N–H and O–H groups in total. The van der Waals surface area contributed by atoms with Crippen LogP contribution >= 0.6 is 11.6 Å². The molecule has 1 aromatic rings. The SMILES string of the molecule is CNC(=O)O[C@H]1CC(=O)N([C@H]2O[C@@H](COC(C)=O)[C@H](OC(N)=O)[C@@H](O)[C@@H]2O)c2cc(cc(O)c2Cl)C/C(C)=C\C=C[C@@H](OC)[C@@]2(O)C[C@H](OC(=O)N2)[C@@H](C)[C@@H]2O[C@@]12C. The highest BCUT2D eigenvalue weighted by Gasteiger charge is 2.65. The lowest BCUT2D eigenvalue weighted by molar-refractivity contribution is -0.230. The number of epoxide rings is 1. The molecule has 3 fully saturated rings. The van der Waals surface area contributed by atoms with Gasteiger partial charge in [-0.1, -0.05) is 42.3 Å². The molecule has 4 heterocycles.